The van der Waals surface area contributed by atoms with Gasteiger partial charge in [0.1, 0.15) is 0 Å². The Hall–Kier alpha value is -2.92. The molecule has 0 aliphatic rings. The number of benzene rings is 2. The summed E-state index contributed by atoms with van der Waals surface area (Å²) in [7, 11) is 1.92. The molecule has 0 radical (unpaired) electrons. The Morgan fingerprint density at radius 3 is 2.38 bits per heavy atom. The summed E-state index contributed by atoms with van der Waals surface area (Å²) in [5.74, 6) is 0.332. The molecule has 0 aliphatic carbocycles. The second kappa shape index (κ2) is 8.45. The van der Waals surface area contributed by atoms with Crippen molar-refractivity contribution in [3.05, 3.63) is 88.7 Å². The maximum atomic E-state index is 12.3. The van der Waals surface area contributed by atoms with Crippen molar-refractivity contribution < 1.29 is 4.79 Å². The Labute approximate surface area is 157 Å². The monoisotopic (exact) mass is 366 g/mol. The van der Waals surface area contributed by atoms with E-state index in [0.29, 0.717) is 29.6 Å². The van der Waals surface area contributed by atoms with Crippen LogP contribution in [0.1, 0.15) is 21.5 Å². The fourth-order valence-corrected chi connectivity index (χ4v) is 2.69. The third kappa shape index (κ3) is 4.58. The summed E-state index contributed by atoms with van der Waals surface area (Å²) in [5, 5.41) is 3.45. The lowest BCUT2D eigenvalue weighted by atomic mass is 10.2. The summed E-state index contributed by atoms with van der Waals surface area (Å²) >= 11 is 6.09. The number of carbonyl (C=O) groups is 1. The van der Waals surface area contributed by atoms with Gasteiger partial charge in [0, 0.05) is 37.6 Å². The fourth-order valence-electron chi connectivity index (χ4n) is 2.48. The third-order valence-corrected chi connectivity index (χ3v) is 4.27. The van der Waals surface area contributed by atoms with Gasteiger partial charge in [-0.25, -0.2) is 9.97 Å². The van der Waals surface area contributed by atoms with Gasteiger partial charge in [-0.2, -0.15) is 0 Å². The van der Waals surface area contributed by atoms with Gasteiger partial charge in [0.05, 0.1) is 5.56 Å². The van der Waals surface area contributed by atoms with Crippen molar-refractivity contribution in [2.75, 3.05) is 11.9 Å². The predicted molar refractivity (Wildman–Crippen MR) is 103 cm³/mol. The van der Waals surface area contributed by atoms with E-state index in [1.54, 1.807) is 6.07 Å². The molecule has 0 aliphatic heterocycles. The second-order valence-electron chi connectivity index (χ2n) is 5.89. The van der Waals surface area contributed by atoms with Crippen LogP contribution in [0.4, 0.5) is 5.95 Å². The molecule has 0 bridgehead atoms. The normalized spacial score (nSPS) is 10.4. The smallest absolute Gasteiger partial charge is 0.254 e. The Kier molecular flexibility index (Phi) is 5.81. The lowest BCUT2D eigenvalue weighted by Gasteiger charge is -2.17. The van der Waals surface area contributed by atoms with Crippen LogP contribution >= 0.6 is 11.6 Å². The van der Waals surface area contributed by atoms with Gasteiger partial charge in [-0.05, 0) is 17.2 Å². The molecule has 3 rings (SSSR count). The van der Waals surface area contributed by atoms with Gasteiger partial charge < -0.3 is 10.2 Å². The van der Waals surface area contributed by atoms with E-state index >= 15 is 0 Å². The quantitative estimate of drug-likeness (QED) is 0.722. The lowest BCUT2D eigenvalue weighted by molar-refractivity contribution is 0.0950. The van der Waals surface area contributed by atoms with E-state index in [9.17, 15) is 4.79 Å². The van der Waals surface area contributed by atoms with Gasteiger partial charge in [-0.3, -0.25) is 4.79 Å². The average molecular weight is 367 g/mol. The number of nitrogens with zero attached hydrogens (tertiary/aromatic N) is 3. The zero-order valence-electron chi connectivity index (χ0n) is 14.4. The minimum absolute atomic E-state index is 0.234. The van der Waals surface area contributed by atoms with E-state index in [1.807, 2.05) is 60.5 Å². The second-order valence-corrected chi connectivity index (χ2v) is 6.29. The first-order valence-electron chi connectivity index (χ1n) is 8.22. The van der Waals surface area contributed by atoms with Crippen molar-refractivity contribution >= 4 is 23.5 Å². The molecule has 6 heteroatoms. The molecule has 3 aromatic rings. The van der Waals surface area contributed by atoms with Crippen LogP contribution in [-0.2, 0) is 13.1 Å². The maximum Gasteiger partial charge on any atom is 0.254 e. The number of hydrogen-bond acceptors (Lipinski definition) is 4. The highest BCUT2D eigenvalue weighted by atomic mass is 35.5. The fraction of sp³-hybridized carbons (Fsp3) is 0.150. The highest BCUT2D eigenvalue weighted by Crippen LogP contribution is 2.15. The minimum atomic E-state index is -0.234. The van der Waals surface area contributed by atoms with Crippen LogP contribution in [-0.4, -0.2) is 22.9 Å². The summed E-state index contributed by atoms with van der Waals surface area (Å²) < 4.78 is 0. The molecular formula is C20H19ClN4O. The summed E-state index contributed by atoms with van der Waals surface area (Å²) in [4.78, 5) is 22.8. The lowest BCUT2D eigenvalue weighted by Crippen LogP contribution is -2.24. The van der Waals surface area contributed by atoms with Crippen molar-refractivity contribution in [1.82, 2.24) is 15.3 Å². The van der Waals surface area contributed by atoms with E-state index in [1.165, 1.54) is 18.0 Å². The predicted octanol–water partition coefficient (Wildman–Crippen LogP) is 3.70. The van der Waals surface area contributed by atoms with Crippen LogP contribution in [0.25, 0.3) is 0 Å². The summed E-state index contributed by atoms with van der Waals surface area (Å²) in [6.45, 7) is 1.05. The summed E-state index contributed by atoms with van der Waals surface area (Å²) in [6, 6.07) is 17.5. The Bertz CT molecular complexity index is 868. The van der Waals surface area contributed by atoms with Crippen molar-refractivity contribution in [2.45, 2.75) is 13.1 Å². The van der Waals surface area contributed by atoms with E-state index < -0.39 is 0 Å². The molecule has 1 heterocycles. The van der Waals surface area contributed by atoms with Crippen molar-refractivity contribution in [3.8, 4) is 0 Å². The van der Waals surface area contributed by atoms with Crippen LogP contribution in [0.3, 0.4) is 0 Å². The molecule has 1 amide bonds. The zero-order valence-corrected chi connectivity index (χ0v) is 15.1. The molecular weight excluding hydrogens is 348 g/mol. The molecule has 132 valence electrons. The number of anilines is 1. The molecule has 0 saturated carbocycles. The molecule has 1 aromatic heterocycles. The number of aromatic nitrogens is 2. The summed E-state index contributed by atoms with van der Waals surface area (Å²) in [5.41, 5.74) is 2.44. The third-order valence-electron chi connectivity index (χ3n) is 3.90. The van der Waals surface area contributed by atoms with E-state index in [0.717, 1.165) is 5.56 Å². The van der Waals surface area contributed by atoms with Crippen LogP contribution in [0.2, 0.25) is 5.02 Å². The van der Waals surface area contributed by atoms with E-state index in [4.69, 9.17) is 11.6 Å². The molecule has 2 aromatic carbocycles. The van der Waals surface area contributed by atoms with Crippen molar-refractivity contribution in [1.29, 1.82) is 0 Å². The molecule has 0 spiro atoms. The molecule has 0 saturated heterocycles. The molecule has 5 nitrogen and oxygen atoms in total. The summed E-state index contributed by atoms with van der Waals surface area (Å²) in [6.07, 6.45) is 3.07. The SMILES string of the molecule is CN(Cc1ccccc1)c1ncc(C(=O)NCc2ccccc2Cl)cn1. The number of halogens is 1. The van der Waals surface area contributed by atoms with Crippen LogP contribution < -0.4 is 10.2 Å². The number of carbonyl (C=O) groups excluding carboxylic acids is 1. The minimum Gasteiger partial charge on any atom is -0.348 e. The van der Waals surface area contributed by atoms with Crippen LogP contribution in [0.15, 0.2) is 67.0 Å². The largest absolute Gasteiger partial charge is 0.348 e. The van der Waals surface area contributed by atoms with Gasteiger partial charge >= 0.3 is 0 Å². The van der Waals surface area contributed by atoms with Crippen molar-refractivity contribution in [3.63, 3.8) is 0 Å². The first-order chi connectivity index (χ1) is 12.6. The highest BCUT2D eigenvalue weighted by Gasteiger charge is 2.10. The topological polar surface area (TPSA) is 58.1 Å². The molecule has 26 heavy (non-hydrogen) atoms. The van der Waals surface area contributed by atoms with Gasteiger partial charge in [0.2, 0.25) is 5.95 Å². The highest BCUT2D eigenvalue weighted by molar-refractivity contribution is 6.31. The van der Waals surface area contributed by atoms with Gasteiger partial charge in [0.15, 0.2) is 0 Å². The number of hydrogen-bond donors (Lipinski definition) is 1. The maximum absolute atomic E-state index is 12.3. The molecule has 1 N–H and O–H groups in total. The first-order valence-corrected chi connectivity index (χ1v) is 8.60. The molecule has 0 atom stereocenters. The Balaban J connectivity index is 1.60. The van der Waals surface area contributed by atoms with Gasteiger partial charge in [-0.15, -0.1) is 0 Å². The van der Waals surface area contributed by atoms with Crippen molar-refractivity contribution in [2.24, 2.45) is 0 Å². The molecule has 0 fully saturated rings. The molecule has 0 unspecified atom stereocenters. The number of rotatable bonds is 6. The first kappa shape index (κ1) is 17.9. The standard InChI is InChI=1S/C20H19ClN4O/c1-25(14-15-7-3-2-4-8-15)20-23-12-17(13-24-20)19(26)22-11-16-9-5-6-10-18(16)21/h2-10,12-13H,11,14H2,1H3,(H,22,26). The number of nitrogens with one attached hydrogen (secondary N) is 1. The van der Waals surface area contributed by atoms with Gasteiger partial charge in [0.25, 0.3) is 5.91 Å². The van der Waals surface area contributed by atoms with Crippen LogP contribution in [0.5, 0.6) is 0 Å². The van der Waals surface area contributed by atoms with E-state index in [2.05, 4.69) is 15.3 Å². The average Bonchev–Trinajstić information content (AvgIpc) is 2.68. The zero-order chi connectivity index (χ0) is 18.4. The van der Waals surface area contributed by atoms with Crippen LogP contribution in [0, 0.1) is 0 Å². The Morgan fingerprint density at radius 2 is 1.69 bits per heavy atom. The number of amides is 1. The Morgan fingerprint density at radius 1 is 1.04 bits per heavy atom. The van der Waals surface area contributed by atoms with E-state index in [-0.39, 0.29) is 5.91 Å². The van der Waals surface area contributed by atoms with Gasteiger partial charge in [-0.1, -0.05) is 60.1 Å².